The van der Waals surface area contributed by atoms with Crippen LogP contribution in [0.2, 0.25) is 5.02 Å². The zero-order valence-corrected chi connectivity index (χ0v) is 13.7. The fourth-order valence-electron chi connectivity index (χ4n) is 2.21. The molecule has 1 nitrogen and oxygen atoms in total. The monoisotopic (exact) mass is 355 g/mol. The van der Waals surface area contributed by atoms with E-state index >= 15 is 0 Å². The molecule has 0 fully saturated rings. The van der Waals surface area contributed by atoms with E-state index in [4.69, 9.17) is 11.6 Å². The molecular weight excluding hydrogens is 341 g/mol. The first-order chi connectivity index (χ1) is 9.52. The highest BCUT2D eigenvalue weighted by Gasteiger charge is 2.15. The van der Waals surface area contributed by atoms with E-state index in [-0.39, 0.29) is 16.9 Å². The Kier molecular flexibility index (Phi) is 5.19. The van der Waals surface area contributed by atoms with Gasteiger partial charge in [-0.1, -0.05) is 51.8 Å². The maximum absolute atomic E-state index is 13.2. The molecule has 4 heteroatoms. The number of aryl methyl sites for hydroxylation is 1. The van der Waals surface area contributed by atoms with Crippen molar-refractivity contribution in [2.24, 2.45) is 0 Å². The average molecular weight is 357 g/mol. The summed E-state index contributed by atoms with van der Waals surface area (Å²) in [6, 6.07) is 11.2. The third-order valence-corrected chi connectivity index (χ3v) is 4.74. The first-order valence-corrected chi connectivity index (χ1v) is 7.56. The fourth-order valence-corrected chi connectivity index (χ4v) is 2.95. The molecular formula is C16H16BrClFN. The van der Waals surface area contributed by atoms with Gasteiger partial charge in [0, 0.05) is 10.5 Å². The standard InChI is InChI=1S/C16H16BrClFN/c1-10-4-3-5-12(16(10)17)15(20-2)9-11-6-7-14(19)13(18)8-11/h3-8,15,20H,9H2,1-2H3. The van der Waals surface area contributed by atoms with Crippen LogP contribution in [0.4, 0.5) is 4.39 Å². The van der Waals surface area contributed by atoms with Crippen LogP contribution in [0.3, 0.4) is 0 Å². The average Bonchev–Trinajstić information content (AvgIpc) is 2.43. The van der Waals surface area contributed by atoms with E-state index in [2.05, 4.69) is 40.3 Å². The second-order valence-corrected chi connectivity index (χ2v) is 5.97. The number of likely N-dealkylation sites (N-methyl/N-ethyl adjacent to an activating group) is 1. The summed E-state index contributed by atoms with van der Waals surface area (Å²) in [6.45, 7) is 2.06. The maximum Gasteiger partial charge on any atom is 0.141 e. The van der Waals surface area contributed by atoms with Crippen molar-refractivity contribution in [3.05, 3.63) is 68.4 Å². The van der Waals surface area contributed by atoms with Crippen LogP contribution >= 0.6 is 27.5 Å². The number of hydrogen-bond acceptors (Lipinski definition) is 1. The molecule has 0 amide bonds. The van der Waals surface area contributed by atoms with E-state index < -0.39 is 0 Å². The maximum atomic E-state index is 13.2. The molecule has 0 spiro atoms. The molecule has 2 aromatic carbocycles. The minimum absolute atomic E-state index is 0.144. The molecule has 1 atom stereocenters. The van der Waals surface area contributed by atoms with Crippen LogP contribution in [0.25, 0.3) is 0 Å². The molecule has 0 bridgehead atoms. The van der Waals surface area contributed by atoms with Crippen LogP contribution in [0.1, 0.15) is 22.7 Å². The summed E-state index contributed by atoms with van der Waals surface area (Å²) in [5, 5.41) is 3.47. The van der Waals surface area contributed by atoms with E-state index in [1.54, 1.807) is 12.1 Å². The number of benzene rings is 2. The Hall–Kier alpha value is -0.900. The molecule has 0 saturated carbocycles. The molecule has 0 aliphatic carbocycles. The smallest absolute Gasteiger partial charge is 0.141 e. The Bertz CT molecular complexity index is 615. The van der Waals surface area contributed by atoms with Gasteiger partial charge in [-0.15, -0.1) is 0 Å². The van der Waals surface area contributed by atoms with Gasteiger partial charge < -0.3 is 5.32 Å². The van der Waals surface area contributed by atoms with Gasteiger partial charge in [-0.3, -0.25) is 0 Å². The Labute approximate surface area is 132 Å². The van der Waals surface area contributed by atoms with Gasteiger partial charge in [0.2, 0.25) is 0 Å². The second kappa shape index (κ2) is 6.70. The van der Waals surface area contributed by atoms with E-state index in [9.17, 15) is 4.39 Å². The SMILES string of the molecule is CNC(Cc1ccc(F)c(Cl)c1)c1cccc(C)c1Br. The van der Waals surface area contributed by atoms with Gasteiger partial charge in [-0.25, -0.2) is 4.39 Å². The fraction of sp³-hybridized carbons (Fsp3) is 0.250. The molecule has 106 valence electrons. The summed E-state index contributed by atoms with van der Waals surface area (Å²) in [7, 11) is 1.92. The van der Waals surface area contributed by atoms with Gasteiger partial charge in [-0.05, 0) is 49.2 Å². The molecule has 2 rings (SSSR count). The van der Waals surface area contributed by atoms with Gasteiger partial charge in [0.15, 0.2) is 0 Å². The quantitative estimate of drug-likeness (QED) is 0.808. The lowest BCUT2D eigenvalue weighted by molar-refractivity contribution is 0.586. The lowest BCUT2D eigenvalue weighted by Crippen LogP contribution is -2.19. The zero-order valence-electron chi connectivity index (χ0n) is 11.4. The first-order valence-electron chi connectivity index (χ1n) is 6.39. The molecule has 0 aliphatic heterocycles. The van der Waals surface area contributed by atoms with Gasteiger partial charge >= 0.3 is 0 Å². The Balaban J connectivity index is 2.28. The normalized spacial score (nSPS) is 12.4. The molecule has 0 aliphatic rings. The zero-order chi connectivity index (χ0) is 14.7. The minimum atomic E-state index is -0.381. The largest absolute Gasteiger partial charge is 0.313 e. The van der Waals surface area contributed by atoms with Gasteiger partial charge in [0.05, 0.1) is 5.02 Å². The van der Waals surface area contributed by atoms with Crippen molar-refractivity contribution in [2.75, 3.05) is 7.05 Å². The molecule has 0 aromatic heterocycles. The summed E-state index contributed by atoms with van der Waals surface area (Å²) in [5.41, 5.74) is 3.39. The number of hydrogen-bond donors (Lipinski definition) is 1. The third-order valence-electron chi connectivity index (χ3n) is 3.37. The lowest BCUT2D eigenvalue weighted by Gasteiger charge is -2.19. The highest BCUT2D eigenvalue weighted by molar-refractivity contribution is 9.10. The predicted molar refractivity (Wildman–Crippen MR) is 85.8 cm³/mol. The van der Waals surface area contributed by atoms with Gasteiger partial charge in [0.25, 0.3) is 0 Å². The van der Waals surface area contributed by atoms with Crippen LogP contribution in [0, 0.1) is 12.7 Å². The number of nitrogens with one attached hydrogen (secondary N) is 1. The Morgan fingerprint density at radius 3 is 2.70 bits per heavy atom. The van der Waals surface area contributed by atoms with Crippen molar-refractivity contribution >= 4 is 27.5 Å². The number of rotatable bonds is 4. The van der Waals surface area contributed by atoms with E-state index in [0.717, 1.165) is 16.5 Å². The number of halogens is 3. The second-order valence-electron chi connectivity index (χ2n) is 4.77. The van der Waals surface area contributed by atoms with Crippen LogP contribution in [0.5, 0.6) is 0 Å². The summed E-state index contributed by atoms with van der Waals surface area (Å²) < 4.78 is 14.3. The van der Waals surface area contributed by atoms with E-state index in [1.165, 1.54) is 17.2 Å². The van der Waals surface area contributed by atoms with Crippen molar-refractivity contribution < 1.29 is 4.39 Å². The molecule has 2 aromatic rings. The lowest BCUT2D eigenvalue weighted by atomic mass is 9.97. The summed E-state index contributed by atoms with van der Waals surface area (Å²) >= 11 is 9.47. The van der Waals surface area contributed by atoms with Crippen molar-refractivity contribution in [3.8, 4) is 0 Å². The van der Waals surface area contributed by atoms with Crippen LogP contribution in [-0.4, -0.2) is 7.05 Å². The molecule has 0 heterocycles. The molecule has 0 saturated heterocycles. The van der Waals surface area contributed by atoms with Gasteiger partial charge in [-0.2, -0.15) is 0 Å². The molecule has 1 unspecified atom stereocenters. The van der Waals surface area contributed by atoms with E-state index in [0.29, 0.717) is 0 Å². The third kappa shape index (κ3) is 3.40. The Morgan fingerprint density at radius 2 is 2.05 bits per heavy atom. The van der Waals surface area contributed by atoms with Crippen molar-refractivity contribution in [3.63, 3.8) is 0 Å². The molecule has 1 N–H and O–H groups in total. The van der Waals surface area contributed by atoms with Crippen molar-refractivity contribution in [1.29, 1.82) is 0 Å². The molecule has 0 radical (unpaired) electrons. The van der Waals surface area contributed by atoms with E-state index in [1.807, 2.05) is 13.1 Å². The highest BCUT2D eigenvalue weighted by atomic mass is 79.9. The summed E-state index contributed by atoms with van der Waals surface area (Å²) in [6.07, 6.45) is 0.749. The Morgan fingerprint density at radius 1 is 1.30 bits per heavy atom. The summed E-state index contributed by atoms with van der Waals surface area (Å²) in [5.74, 6) is -0.381. The van der Waals surface area contributed by atoms with Crippen LogP contribution in [0.15, 0.2) is 40.9 Å². The predicted octanol–water partition coefficient (Wildman–Crippen LogP) is 5.05. The van der Waals surface area contributed by atoms with Crippen LogP contribution in [-0.2, 0) is 6.42 Å². The highest BCUT2D eigenvalue weighted by Crippen LogP contribution is 2.29. The first kappa shape index (κ1) is 15.5. The van der Waals surface area contributed by atoms with Crippen LogP contribution < -0.4 is 5.32 Å². The molecule has 20 heavy (non-hydrogen) atoms. The summed E-state index contributed by atoms with van der Waals surface area (Å²) in [4.78, 5) is 0. The van der Waals surface area contributed by atoms with Crippen molar-refractivity contribution in [2.45, 2.75) is 19.4 Å². The topological polar surface area (TPSA) is 12.0 Å². The van der Waals surface area contributed by atoms with Gasteiger partial charge in [0.1, 0.15) is 5.82 Å². The minimum Gasteiger partial charge on any atom is -0.313 e. The van der Waals surface area contributed by atoms with Crippen molar-refractivity contribution in [1.82, 2.24) is 5.32 Å².